The van der Waals surface area contributed by atoms with Gasteiger partial charge in [-0.3, -0.25) is 14.6 Å². The van der Waals surface area contributed by atoms with Gasteiger partial charge in [-0.15, -0.1) is 0 Å². The van der Waals surface area contributed by atoms with Crippen molar-refractivity contribution in [3.8, 4) is 5.75 Å². The van der Waals surface area contributed by atoms with Gasteiger partial charge < -0.3 is 14.5 Å². The Morgan fingerprint density at radius 2 is 1.53 bits per heavy atom. The van der Waals surface area contributed by atoms with E-state index in [2.05, 4.69) is 4.98 Å². The number of halogens is 2. The van der Waals surface area contributed by atoms with Gasteiger partial charge in [-0.2, -0.15) is 0 Å². The van der Waals surface area contributed by atoms with Crippen LogP contribution in [0.25, 0.3) is 0 Å². The molecular weight excluding hydrogens is 473 g/mol. The molecular formula is C26H25Cl2N3O3. The van der Waals surface area contributed by atoms with Crippen LogP contribution < -0.4 is 4.74 Å². The molecule has 2 aromatic carbocycles. The first-order valence-electron chi connectivity index (χ1n) is 11.1. The maximum Gasteiger partial charge on any atom is 0.254 e. The lowest BCUT2D eigenvalue weighted by Crippen LogP contribution is -2.50. The number of nitrogens with zero attached hydrogens (tertiary/aromatic N) is 3. The number of carbonyl (C=O) groups is 2. The second-order valence-electron chi connectivity index (χ2n) is 8.13. The molecule has 8 heteroatoms. The van der Waals surface area contributed by atoms with Crippen LogP contribution in [0.4, 0.5) is 0 Å². The van der Waals surface area contributed by atoms with Crippen LogP contribution in [0.15, 0.2) is 60.9 Å². The molecule has 4 rings (SSSR count). The molecule has 1 aromatic heterocycles. The van der Waals surface area contributed by atoms with Crippen LogP contribution in [0, 0.1) is 6.92 Å². The highest BCUT2D eigenvalue weighted by atomic mass is 35.5. The summed E-state index contributed by atoms with van der Waals surface area (Å²) in [6.07, 6.45) is 3.84. The molecule has 0 saturated carbocycles. The lowest BCUT2D eigenvalue weighted by Gasteiger charge is -2.35. The second-order valence-corrected chi connectivity index (χ2v) is 8.98. The molecule has 0 bridgehead atoms. The van der Waals surface area contributed by atoms with Crippen molar-refractivity contribution in [1.82, 2.24) is 14.8 Å². The Labute approximate surface area is 209 Å². The van der Waals surface area contributed by atoms with E-state index in [0.717, 1.165) is 11.1 Å². The number of aromatic nitrogens is 1. The van der Waals surface area contributed by atoms with Crippen molar-refractivity contribution in [3.05, 3.63) is 93.2 Å². The third-order valence-corrected chi connectivity index (χ3v) is 6.45. The van der Waals surface area contributed by atoms with Crippen molar-refractivity contribution in [1.29, 1.82) is 0 Å². The standard InChI is InChI=1S/C26H25Cl2N3O3/c1-18-2-3-21(16-24(18)34-15-8-19-4-5-22(27)17-23(19)28)26(33)31-13-11-30(12-14-31)25(32)20-6-9-29-10-7-20/h2-7,9-10,16-17H,8,11-15H2,1H3. The summed E-state index contributed by atoms with van der Waals surface area (Å²) in [5, 5.41) is 1.21. The zero-order valence-electron chi connectivity index (χ0n) is 18.8. The first-order chi connectivity index (χ1) is 16.4. The van der Waals surface area contributed by atoms with Crippen LogP contribution in [0.1, 0.15) is 31.8 Å². The predicted molar refractivity (Wildman–Crippen MR) is 133 cm³/mol. The average molecular weight is 498 g/mol. The van der Waals surface area contributed by atoms with Gasteiger partial charge in [0.15, 0.2) is 0 Å². The second kappa shape index (κ2) is 10.9. The van der Waals surface area contributed by atoms with E-state index in [1.54, 1.807) is 52.5 Å². The van der Waals surface area contributed by atoms with Crippen LogP contribution >= 0.6 is 23.2 Å². The number of ether oxygens (including phenoxy) is 1. The predicted octanol–water partition coefficient (Wildman–Crippen LogP) is 4.92. The summed E-state index contributed by atoms with van der Waals surface area (Å²) in [4.78, 5) is 33.2. The van der Waals surface area contributed by atoms with Crippen molar-refractivity contribution in [2.24, 2.45) is 0 Å². The zero-order valence-corrected chi connectivity index (χ0v) is 20.4. The lowest BCUT2D eigenvalue weighted by atomic mass is 10.1. The molecule has 0 aliphatic carbocycles. The number of piperazine rings is 1. The molecule has 1 fully saturated rings. The summed E-state index contributed by atoms with van der Waals surface area (Å²) in [6, 6.07) is 14.3. The van der Waals surface area contributed by atoms with Crippen molar-refractivity contribution in [3.63, 3.8) is 0 Å². The van der Waals surface area contributed by atoms with Gasteiger partial charge >= 0.3 is 0 Å². The van der Waals surface area contributed by atoms with Crippen LogP contribution in [0.3, 0.4) is 0 Å². The minimum atomic E-state index is -0.0680. The number of pyridine rings is 1. The minimum absolute atomic E-state index is 0.0405. The SMILES string of the molecule is Cc1ccc(C(=O)N2CCN(C(=O)c3ccncc3)CC2)cc1OCCc1ccc(Cl)cc1Cl. The van der Waals surface area contributed by atoms with Crippen molar-refractivity contribution >= 4 is 35.0 Å². The van der Waals surface area contributed by atoms with Gasteiger partial charge in [0.25, 0.3) is 11.8 Å². The molecule has 0 N–H and O–H groups in total. The van der Waals surface area contributed by atoms with E-state index < -0.39 is 0 Å². The van der Waals surface area contributed by atoms with Gasteiger partial charge in [0.1, 0.15) is 5.75 Å². The van der Waals surface area contributed by atoms with Crippen molar-refractivity contribution in [2.75, 3.05) is 32.8 Å². The van der Waals surface area contributed by atoms with E-state index in [1.165, 1.54) is 0 Å². The number of benzene rings is 2. The van der Waals surface area contributed by atoms with Gasteiger partial charge in [0.05, 0.1) is 6.61 Å². The Bertz CT molecular complexity index is 1180. The lowest BCUT2D eigenvalue weighted by molar-refractivity contribution is 0.0535. The van der Waals surface area contributed by atoms with E-state index in [1.807, 2.05) is 25.1 Å². The fourth-order valence-corrected chi connectivity index (χ4v) is 4.36. The third kappa shape index (κ3) is 5.69. The van der Waals surface area contributed by atoms with Gasteiger partial charge in [-0.25, -0.2) is 0 Å². The topological polar surface area (TPSA) is 62.7 Å². The summed E-state index contributed by atoms with van der Waals surface area (Å²) in [5.74, 6) is 0.561. The highest BCUT2D eigenvalue weighted by Gasteiger charge is 2.26. The first kappa shape index (κ1) is 24.0. The van der Waals surface area contributed by atoms with Gasteiger partial charge in [0, 0.05) is 66.2 Å². The molecule has 1 aliphatic rings. The Hall–Kier alpha value is -3.09. The highest BCUT2D eigenvalue weighted by Crippen LogP contribution is 2.24. The summed E-state index contributed by atoms with van der Waals surface area (Å²) in [7, 11) is 0. The number of hydrogen-bond donors (Lipinski definition) is 0. The van der Waals surface area contributed by atoms with E-state index in [-0.39, 0.29) is 11.8 Å². The quantitative estimate of drug-likeness (QED) is 0.484. The molecule has 1 aliphatic heterocycles. The van der Waals surface area contributed by atoms with Crippen LogP contribution in [-0.2, 0) is 6.42 Å². The molecule has 2 heterocycles. The van der Waals surface area contributed by atoms with Crippen LogP contribution in [-0.4, -0.2) is 59.4 Å². The number of aryl methyl sites for hydroxylation is 1. The third-order valence-electron chi connectivity index (χ3n) is 5.86. The largest absolute Gasteiger partial charge is 0.493 e. The van der Waals surface area contributed by atoms with E-state index in [9.17, 15) is 9.59 Å². The molecule has 3 aromatic rings. The highest BCUT2D eigenvalue weighted by molar-refractivity contribution is 6.35. The molecule has 0 radical (unpaired) electrons. The zero-order chi connectivity index (χ0) is 24.1. The Kier molecular flexibility index (Phi) is 7.70. The average Bonchev–Trinajstić information content (AvgIpc) is 2.86. The summed E-state index contributed by atoms with van der Waals surface area (Å²) in [5.41, 5.74) is 3.08. The molecule has 6 nitrogen and oxygen atoms in total. The monoisotopic (exact) mass is 497 g/mol. The summed E-state index contributed by atoms with van der Waals surface area (Å²) >= 11 is 12.2. The Balaban J connectivity index is 1.35. The van der Waals surface area contributed by atoms with E-state index >= 15 is 0 Å². The minimum Gasteiger partial charge on any atom is -0.493 e. The molecule has 2 amide bonds. The summed E-state index contributed by atoms with van der Waals surface area (Å²) in [6.45, 7) is 4.31. The molecule has 0 spiro atoms. The van der Waals surface area contributed by atoms with Crippen LogP contribution in [0.2, 0.25) is 10.0 Å². The van der Waals surface area contributed by atoms with E-state index in [0.29, 0.717) is 66.1 Å². The van der Waals surface area contributed by atoms with Crippen LogP contribution in [0.5, 0.6) is 5.75 Å². The number of hydrogen-bond acceptors (Lipinski definition) is 4. The molecule has 176 valence electrons. The van der Waals surface area contributed by atoms with Crippen molar-refractivity contribution in [2.45, 2.75) is 13.3 Å². The fraction of sp³-hybridized carbons (Fsp3) is 0.269. The van der Waals surface area contributed by atoms with Crippen molar-refractivity contribution < 1.29 is 14.3 Å². The number of carbonyl (C=O) groups excluding carboxylic acids is 2. The first-order valence-corrected chi connectivity index (χ1v) is 11.8. The maximum atomic E-state index is 13.1. The molecule has 34 heavy (non-hydrogen) atoms. The van der Waals surface area contributed by atoms with Gasteiger partial charge in [-0.05, 0) is 54.4 Å². The molecule has 0 unspecified atom stereocenters. The maximum absolute atomic E-state index is 13.1. The Morgan fingerprint density at radius 3 is 2.18 bits per heavy atom. The van der Waals surface area contributed by atoms with E-state index in [4.69, 9.17) is 27.9 Å². The normalized spacial score (nSPS) is 13.6. The smallest absolute Gasteiger partial charge is 0.254 e. The number of rotatable bonds is 6. The molecule has 0 atom stereocenters. The fourth-order valence-electron chi connectivity index (χ4n) is 3.86. The van der Waals surface area contributed by atoms with Gasteiger partial charge in [-0.1, -0.05) is 35.3 Å². The molecule has 1 saturated heterocycles. The summed E-state index contributed by atoms with van der Waals surface area (Å²) < 4.78 is 5.98. The Morgan fingerprint density at radius 1 is 0.882 bits per heavy atom. The van der Waals surface area contributed by atoms with Gasteiger partial charge in [0.2, 0.25) is 0 Å². The number of amides is 2.